The molecule has 0 unspecified atom stereocenters. The van der Waals surface area contributed by atoms with Gasteiger partial charge in [0.1, 0.15) is 0 Å². The average Bonchev–Trinajstić information content (AvgIpc) is 1.94. The second-order valence-corrected chi connectivity index (χ2v) is 3.47. The Labute approximate surface area is 69.3 Å². The van der Waals surface area contributed by atoms with Crippen LogP contribution in [0.25, 0.3) is 0 Å². The van der Waals surface area contributed by atoms with Gasteiger partial charge in [-0.25, -0.2) is 0 Å². The van der Waals surface area contributed by atoms with Crippen LogP contribution in [-0.2, 0) is 0 Å². The Kier molecular flexibility index (Phi) is 2.33. The smallest absolute Gasteiger partial charge is 0.0134 e. The molecule has 11 heavy (non-hydrogen) atoms. The van der Waals surface area contributed by atoms with E-state index in [1.165, 1.54) is 16.7 Å². The Bertz CT molecular complexity index is 218. The van der Waals surface area contributed by atoms with Crippen molar-refractivity contribution in [3.8, 4) is 0 Å². The van der Waals surface area contributed by atoms with Crippen LogP contribution in [0.4, 0.5) is 0 Å². The minimum absolute atomic E-state index is 0.645. The molecule has 0 aromatic rings. The molecule has 0 N–H and O–H groups in total. The van der Waals surface area contributed by atoms with E-state index in [1.54, 1.807) is 0 Å². The fourth-order valence-electron chi connectivity index (χ4n) is 1.38. The van der Waals surface area contributed by atoms with Crippen molar-refractivity contribution >= 4 is 0 Å². The standard InChI is InChI=1S/C11H16/c1-8(2)11-6-5-9(3)10(4)7-11/h5,11H,1,4,6-7H2,2-3H3/t11-/m1/s1. The second-order valence-electron chi connectivity index (χ2n) is 3.47. The maximum absolute atomic E-state index is 4.02. The predicted molar refractivity (Wildman–Crippen MR) is 50.4 cm³/mol. The monoisotopic (exact) mass is 148 g/mol. The fraction of sp³-hybridized carbons (Fsp3) is 0.455. The zero-order valence-electron chi connectivity index (χ0n) is 7.48. The fourth-order valence-corrected chi connectivity index (χ4v) is 1.38. The number of hydrogen-bond acceptors (Lipinski definition) is 0. The van der Waals surface area contributed by atoms with Crippen molar-refractivity contribution in [1.29, 1.82) is 0 Å². The van der Waals surface area contributed by atoms with Gasteiger partial charge in [0.25, 0.3) is 0 Å². The molecular formula is C11H16. The van der Waals surface area contributed by atoms with Crippen LogP contribution in [0.15, 0.2) is 36.0 Å². The third-order valence-corrected chi connectivity index (χ3v) is 2.46. The summed E-state index contributed by atoms with van der Waals surface area (Å²) < 4.78 is 0. The Morgan fingerprint density at radius 3 is 2.73 bits per heavy atom. The molecule has 0 bridgehead atoms. The highest BCUT2D eigenvalue weighted by Gasteiger charge is 2.14. The van der Waals surface area contributed by atoms with E-state index < -0.39 is 0 Å². The van der Waals surface area contributed by atoms with Crippen LogP contribution in [0.5, 0.6) is 0 Å². The van der Waals surface area contributed by atoms with E-state index in [2.05, 4.69) is 33.1 Å². The first-order chi connectivity index (χ1) is 5.11. The van der Waals surface area contributed by atoms with Gasteiger partial charge in [0, 0.05) is 0 Å². The van der Waals surface area contributed by atoms with Gasteiger partial charge in [-0.15, -0.1) is 0 Å². The number of rotatable bonds is 1. The molecule has 0 spiro atoms. The van der Waals surface area contributed by atoms with Crippen LogP contribution in [0.3, 0.4) is 0 Å². The molecule has 1 aliphatic rings. The van der Waals surface area contributed by atoms with E-state index in [-0.39, 0.29) is 0 Å². The summed E-state index contributed by atoms with van der Waals surface area (Å²) in [6.07, 6.45) is 4.53. The molecule has 0 aromatic carbocycles. The van der Waals surface area contributed by atoms with Gasteiger partial charge in [-0.2, -0.15) is 0 Å². The van der Waals surface area contributed by atoms with E-state index in [4.69, 9.17) is 0 Å². The first-order valence-electron chi connectivity index (χ1n) is 4.11. The van der Waals surface area contributed by atoms with E-state index in [0.29, 0.717) is 5.92 Å². The summed E-state index contributed by atoms with van der Waals surface area (Å²) in [5.74, 6) is 0.645. The molecule has 1 aliphatic carbocycles. The summed E-state index contributed by atoms with van der Waals surface area (Å²) in [7, 11) is 0. The van der Waals surface area contributed by atoms with Gasteiger partial charge < -0.3 is 0 Å². The first kappa shape index (κ1) is 8.32. The summed E-state index contributed by atoms with van der Waals surface area (Å²) in [5.41, 5.74) is 3.93. The van der Waals surface area contributed by atoms with Gasteiger partial charge in [0.2, 0.25) is 0 Å². The molecule has 0 heterocycles. The van der Waals surface area contributed by atoms with Crippen molar-refractivity contribution in [3.05, 3.63) is 36.0 Å². The van der Waals surface area contributed by atoms with Crippen molar-refractivity contribution in [2.24, 2.45) is 5.92 Å². The predicted octanol–water partition coefficient (Wildman–Crippen LogP) is 3.48. The van der Waals surface area contributed by atoms with Crippen molar-refractivity contribution in [3.63, 3.8) is 0 Å². The molecule has 1 rings (SSSR count). The molecular weight excluding hydrogens is 132 g/mol. The van der Waals surface area contributed by atoms with Gasteiger partial charge in [0.05, 0.1) is 0 Å². The van der Waals surface area contributed by atoms with E-state index in [9.17, 15) is 0 Å². The lowest BCUT2D eigenvalue weighted by molar-refractivity contribution is 0.602. The van der Waals surface area contributed by atoms with E-state index in [1.807, 2.05) is 0 Å². The van der Waals surface area contributed by atoms with Crippen molar-refractivity contribution < 1.29 is 0 Å². The number of hydrogen-bond donors (Lipinski definition) is 0. The lowest BCUT2D eigenvalue weighted by atomic mass is 9.83. The third kappa shape index (κ3) is 1.83. The summed E-state index contributed by atoms with van der Waals surface area (Å²) in [6.45, 7) is 12.2. The molecule has 0 saturated carbocycles. The minimum atomic E-state index is 0.645. The topological polar surface area (TPSA) is 0 Å². The first-order valence-corrected chi connectivity index (χ1v) is 4.11. The molecule has 0 saturated heterocycles. The van der Waals surface area contributed by atoms with Gasteiger partial charge in [0.15, 0.2) is 0 Å². The van der Waals surface area contributed by atoms with Crippen molar-refractivity contribution in [2.75, 3.05) is 0 Å². The Morgan fingerprint density at radius 2 is 2.27 bits per heavy atom. The molecule has 0 amide bonds. The minimum Gasteiger partial charge on any atom is -0.0998 e. The van der Waals surface area contributed by atoms with Gasteiger partial charge in [-0.3, -0.25) is 0 Å². The summed E-state index contributed by atoms with van der Waals surface area (Å²) in [4.78, 5) is 0. The highest BCUT2D eigenvalue weighted by atomic mass is 14.2. The van der Waals surface area contributed by atoms with Crippen LogP contribution < -0.4 is 0 Å². The molecule has 0 fully saturated rings. The normalized spacial score (nSPS) is 24.7. The van der Waals surface area contributed by atoms with Crippen LogP contribution in [0.1, 0.15) is 26.7 Å². The maximum Gasteiger partial charge on any atom is -0.0134 e. The number of allylic oxidation sites excluding steroid dienone is 4. The van der Waals surface area contributed by atoms with Crippen molar-refractivity contribution in [1.82, 2.24) is 0 Å². The summed E-state index contributed by atoms with van der Waals surface area (Å²) in [5, 5.41) is 0. The molecule has 0 nitrogen and oxygen atoms in total. The second kappa shape index (κ2) is 3.08. The van der Waals surface area contributed by atoms with E-state index >= 15 is 0 Å². The average molecular weight is 148 g/mol. The summed E-state index contributed by atoms with van der Waals surface area (Å²) >= 11 is 0. The summed E-state index contributed by atoms with van der Waals surface area (Å²) in [6, 6.07) is 0. The zero-order chi connectivity index (χ0) is 8.43. The Balaban J connectivity index is 2.70. The van der Waals surface area contributed by atoms with Crippen molar-refractivity contribution in [2.45, 2.75) is 26.7 Å². The molecule has 0 heteroatoms. The Morgan fingerprint density at radius 1 is 1.64 bits per heavy atom. The highest BCUT2D eigenvalue weighted by molar-refractivity contribution is 5.31. The van der Waals surface area contributed by atoms with Gasteiger partial charge in [-0.05, 0) is 32.6 Å². The SMILES string of the molecule is C=C1C[C@H](C(=C)C)CC=C1C. The van der Waals surface area contributed by atoms with Crippen LogP contribution in [0, 0.1) is 5.92 Å². The quantitative estimate of drug-likeness (QED) is 0.499. The largest absolute Gasteiger partial charge is 0.0998 e. The lowest BCUT2D eigenvalue weighted by Gasteiger charge is -2.22. The zero-order valence-corrected chi connectivity index (χ0v) is 7.48. The maximum atomic E-state index is 4.02. The van der Waals surface area contributed by atoms with Crippen LogP contribution in [0.2, 0.25) is 0 Å². The molecule has 1 atom stereocenters. The van der Waals surface area contributed by atoms with Gasteiger partial charge >= 0.3 is 0 Å². The van der Waals surface area contributed by atoms with E-state index in [0.717, 1.165) is 12.8 Å². The highest BCUT2D eigenvalue weighted by Crippen LogP contribution is 2.30. The molecule has 0 aliphatic heterocycles. The lowest BCUT2D eigenvalue weighted by Crippen LogP contribution is -2.07. The van der Waals surface area contributed by atoms with Gasteiger partial charge in [-0.1, -0.05) is 36.0 Å². The molecule has 0 radical (unpaired) electrons. The molecule has 0 aromatic heterocycles. The molecule has 60 valence electrons. The third-order valence-electron chi connectivity index (χ3n) is 2.46. The van der Waals surface area contributed by atoms with Crippen LogP contribution >= 0.6 is 0 Å². The van der Waals surface area contributed by atoms with Crippen LogP contribution in [-0.4, -0.2) is 0 Å². The Hall–Kier alpha value is -0.780.